The first-order valence-corrected chi connectivity index (χ1v) is 6.81. The molecule has 0 radical (unpaired) electrons. The number of nitrogens with zero attached hydrogens (tertiary/aromatic N) is 1. The third-order valence-electron chi connectivity index (χ3n) is 3.53. The van der Waals surface area contributed by atoms with Crippen LogP contribution >= 0.6 is 0 Å². The van der Waals surface area contributed by atoms with Crippen LogP contribution in [0.25, 0.3) is 0 Å². The molecular formula is C14H20N2O3. The van der Waals surface area contributed by atoms with Gasteiger partial charge in [0, 0.05) is 12.1 Å². The standard InChI is InChI=1S/C14H20N2O3/c17-16(18)14-9-5-4-6-12(14)10-19-11-15-13-7-2-1-3-8-13/h4-6,9,13,15H,1-3,7-8,10-11H2. The monoisotopic (exact) mass is 264 g/mol. The van der Waals surface area contributed by atoms with E-state index >= 15 is 0 Å². The van der Waals surface area contributed by atoms with Gasteiger partial charge in [-0.2, -0.15) is 0 Å². The van der Waals surface area contributed by atoms with Crippen LogP contribution in [-0.2, 0) is 11.3 Å². The van der Waals surface area contributed by atoms with E-state index in [1.807, 2.05) is 0 Å². The fraction of sp³-hybridized carbons (Fsp3) is 0.571. The molecule has 1 saturated carbocycles. The van der Waals surface area contributed by atoms with Crippen LogP contribution in [0.5, 0.6) is 0 Å². The van der Waals surface area contributed by atoms with Crippen molar-refractivity contribution in [3.63, 3.8) is 0 Å². The highest BCUT2D eigenvalue weighted by molar-refractivity contribution is 5.39. The third-order valence-corrected chi connectivity index (χ3v) is 3.53. The molecule has 0 aromatic heterocycles. The van der Waals surface area contributed by atoms with Gasteiger partial charge in [-0.1, -0.05) is 31.4 Å². The van der Waals surface area contributed by atoms with Gasteiger partial charge in [0.25, 0.3) is 5.69 Å². The molecule has 0 unspecified atom stereocenters. The Balaban J connectivity index is 1.74. The first-order valence-electron chi connectivity index (χ1n) is 6.81. The summed E-state index contributed by atoms with van der Waals surface area (Å²) in [5.41, 5.74) is 0.748. The normalized spacial score (nSPS) is 16.4. The molecule has 1 aromatic carbocycles. The van der Waals surface area contributed by atoms with Gasteiger partial charge in [0.05, 0.1) is 23.8 Å². The molecule has 104 valence electrons. The van der Waals surface area contributed by atoms with Crippen molar-refractivity contribution in [1.29, 1.82) is 0 Å². The number of nitro benzene ring substituents is 1. The minimum absolute atomic E-state index is 0.125. The summed E-state index contributed by atoms with van der Waals surface area (Å²) in [6.07, 6.45) is 6.29. The zero-order valence-corrected chi connectivity index (χ0v) is 11.0. The molecule has 1 aromatic rings. The van der Waals surface area contributed by atoms with Crippen LogP contribution in [0, 0.1) is 10.1 Å². The Morgan fingerprint density at radius 2 is 2.00 bits per heavy atom. The van der Waals surface area contributed by atoms with E-state index in [2.05, 4.69) is 5.32 Å². The number of hydrogen-bond donors (Lipinski definition) is 1. The molecule has 2 rings (SSSR count). The van der Waals surface area contributed by atoms with E-state index in [1.165, 1.54) is 38.2 Å². The molecule has 0 aliphatic heterocycles. The lowest BCUT2D eigenvalue weighted by molar-refractivity contribution is -0.386. The summed E-state index contributed by atoms with van der Waals surface area (Å²) in [6, 6.07) is 7.24. The minimum Gasteiger partial charge on any atom is -0.361 e. The number of nitrogens with one attached hydrogen (secondary N) is 1. The molecular weight excluding hydrogens is 244 g/mol. The second-order valence-corrected chi connectivity index (χ2v) is 4.92. The second-order valence-electron chi connectivity index (χ2n) is 4.92. The van der Waals surface area contributed by atoms with Gasteiger partial charge in [-0.3, -0.25) is 15.4 Å². The minimum atomic E-state index is -0.368. The van der Waals surface area contributed by atoms with Crippen molar-refractivity contribution >= 4 is 5.69 Å². The van der Waals surface area contributed by atoms with Gasteiger partial charge >= 0.3 is 0 Å². The Morgan fingerprint density at radius 3 is 2.74 bits per heavy atom. The van der Waals surface area contributed by atoms with E-state index in [0.717, 1.165) is 0 Å². The molecule has 1 N–H and O–H groups in total. The number of ether oxygens (including phenoxy) is 1. The molecule has 0 atom stereocenters. The Bertz CT molecular complexity index is 417. The van der Waals surface area contributed by atoms with Gasteiger partial charge in [0.2, 0.25) is 0 Å². The maximum Gasteiger partial charge on any atom is 0.274 e. The van der Waals surface area contributed by atoms with Crippen molar-refractivity contribution in [3.05, 3.63) is 39.9 Å². The van der Waals surface area contributed by atoms with Crippen molar-refractivity contribution in [2.75, 3.05) is 6.73 Å². The van der Waals surface area contributed by atoms with Gasteiger partial charge in [0.15, 0.2) is 0 Å². The smallest absolute Gasteiger partial charge is 0.274 e. The molecule has 0 heterocycles. The zero-order valence-electron chi connectivity index (χ0n) is 11.0. The Kier molecular flexibility index (Phi) is 5.30. The number of para-hydroxylation sites is 1. The van der Waals surface area contributed by atoms with Crippen molar-refractivity contribution < 1.29 is 9.66 Å². The second kappa shape index (κ2) is 7.21. The van der Waals surface area contributed by atoms with Crippen molar-refractivity contribution in [2.24, 2.45) is 0 Å². The van der Waals surface area contributed by atoms with E-state index in [4.69, 9.17) is 4.74 Å². The predicted molar refractivity (Wildman–Crippen MR) is 72.8 cm³/mol. The maximum atomic E-state index is 10.8. The molecule has 0 saturated heterocycles. The van der Waals surface area contributed by atoms with Gasteiger partial charge in [-0.25, -0.2) is 0 Å². The lowest BCUT2D eigenvalue weighted by atomic mass is 9.96. The van der Waals surface area contributed by atoms with Crippen LogP contribution in [0.4, 0.5) is 5.69 Å². The number of rotatable bonds is 6. The zero-order chi connectivity index (χ0) is 13.5. The topological polar surface area (TPSA) is 64.4 Å². The van der Waals surface area contributed by atoms with Gasteiger partial charge in [-0.05, 0) is 18.9 Å². The number of hydrogen-bond acceptors (Lipinski definition) is 4. The van der Waals surface area contributed by atoms with Crippen LogP contribution in [0.15, 0.2) is 24.3 Å². The molecule has 0 spiro atoms. The highest BCUT2D eigenvalue weighted by Gasteiger charge is 2.14. The van der Waals surface area contributed by atoms with Gasteiger partial charge < -0.3 is 4.74 Å². The third kappa shape index (κ3) is 4.29. The highest BCUT2D eigenvalue weighted by atomic mass is 16.6. The van der Waals surface area contributed by atoms with Crippen LogP contribution in [0.1, 0.15) is 37.7 Å². The van der Waals surface area contributed by atoms with Crippen molar-refractivity contribution in [1.82, 2.24) is 5.32 Å². The summed E-state index contributed by atoms with van der Waals surface area (Å²) in [4.78, 5) is 10.5. The largest absolute Gasteiger partial charge is 0.361 e. The number of benzene rings is 1. The highest BCUT2D eigenvalue weighted by Crippen LogP contribution is 2.19. The summed E-state index contributed by atoms with van der Waals surface area (Å²) in [5.74, 6) is 0. The van der Waals surface area contributed by atoms with Crippen molar-refractivity contribution in [2.45, 2.75) is 44.8 Å². The van der Waals surface area contributed by atoms with Crippen LogP contribution in [-0.4, -0.2) is 17.7 Å². The summed E-state index contributed by atoms with van der Waals surface area (Å²) in [7, 11) is 0. The predicted octanol–water partition coefficient (Wildman–Crippen LogP) is 2.99. The van der Waals surface area contributed by atoms with Gasteiger partial charge in [-0.15, -0.1) is 0 Å². The molecule has 5 heteroatoms. The molecule has 0 amide bonds. The van der Waals surface area contributed by atoms with E-state index in [-0.39, 0.29) is 17.2 Å². The lowest BCUT2D eigenvalue weighted by Gasteiger charge is -2.22. The van der Waals surface area contributed by atoms with Gasteiger partial charge in [0.1, 0.15) is 0 Å². The Labute approximate surface area is 113 Å². The quantitative estimate of drug-likeness (QED) is 0.371. The molecule has 1 aliphatic carbocycles. The molecule has 19 heavy (non-hydrogen) atoms. The van der Waals surface area contributed by atoms with E-state index in [1.54, 1.807) is 18.2 Å². The SMILES string of the molecule is O=[N+]([O-])c1ccccc1COCNC1CCCCC1. The van der Waals surface area contributed by atoms with E-state index < -0.39 is 0 Å². The fourth-order valence-electron chi connectivity index (χ4n) is 2.46. The lowest BCUT2D eigenvalue weighted by Crippen LogP contribution is -2.32. The van der Waals surface area contributed by atoms with Crippen LogP contribution in [0.2, 0.25) is 0 Å². The molecule has 1 fully saturated rings. The van der Waals surface area contributed by atoms with Crippen molar-refractivity contribution in [3.8, 4) is 0 Å². The molecule has 0 bridgehead atoms. The summed E-state index contributed by atoms with van der Waals surface area (Å²) in [6.45, 7) is 0.730. The molecule has 5 nitrogen and oxygen atoms in total. The maximum absolute atomic E-state index is 10.8. The Hall–Kier alpha value is -1.46. The summed E-state index contributed by atoms with van der Waals surface area (Å²) in [5, 5.41) is 14.2. The average molecular weight is 264 g/mol. The summed E-state index contributed by atoms with van der Waals surface area (Å²) >= 11 is 0. The first-order chi connectivity index (χ1) is 9.27. The Morgan fingerprint density at radius 1 is 1.26 bits per heavy atom. The van der Waals surface area contributed by atoms with Crippen LogP contribution < -0.4 is 5.32 Å². The average Bonchev–Trinajstić information content (AvgIpc) is 2.45. The van der Waals surface area contributed by atoms with E-state index in [0.29, 0.717) is 18.3 Å². The first kappa shape index (κ1) is 14.0. The summed E-state index contributed by atoms with van der Waals surface area (Å²) < 4.78 is 5.50. The van der Waals surface area contributed by atoms with E-state index in [9.17, 15) is 10.1 Å². The number of nitro groups is 1. The van der Waals surface area contributed by atoms with Crippen LogP contribution in [0.3, 0.4) is 0 Å². The fourth-order valence-corrected chi connectivity index (χ4v) is 2.46. The molecule has 1 aliphatic rings.